The molecule has 0 amide bonds. The van der Waals surface area contributed by atoms with E-state index in [0.29, 0.717) is 11.1 Å². The molecular formula is C16H20N2O2S. The van der Waals surface area contributed by atoms with Gasteiger partial charge in [-0.25, -0.2) is 0 Å². The van der Waals surface area contributed by atoms with E-state index in [1.165, 1.54) is 6.92 Å². The van der Waals surface area contributed by atoms with Crippen molar-refractivity contribution in [2.45, 2.75) is 24.5 Å². The van der Waals surface area contributed by atoms with E-state index in [-0.39, 0.29) is 10.5 Å². The molecule has 0 spiro atoms. The lowest BCUT2D eigenvalue weighted by molar-refractivity contribution is 0.0802. The van der Waals surface area contributed by atoms with Gasteiger partial charge >= 0.3 is 0 Å². The zero-order valence-electron chi connectivity index (χ0n) is 12.4. The molecule has 1 saturated heterocycles. The van der Waals surface area contributed by atoms with E-state index in [1.807, 2.05) is 11.8 Å². The Morgan fingerprint density at radius 2 is 2.19 bits per heavy atom. The highest BCUT2D eigenvalue weighted by molar-refractivity contribution is 8.00. The van der Waals surface area contributed by atoms with Crippen LogP contribution in [0.3, 0.4) is 0 Å². The molecule has 0 atom stereocenters. The smallest absolute Gasteiger partial charge is 0.159 e. The van der Waals surface area contributed by atoms with Gasteiger partial charge in [0.05, 0.1) is 11.3 Å². The van der Waals surface area contributed by atoms with Crippen LogP contribution in [0.5, 0.6) is 0 Å². The lowest BCUT2D eigenvalue weighted by Crippen LogP contribution is -2.39. The summed E-state index contributed by atoms with van der Waals surface area (Å²) in [5.74, 6) is 0.00758. The molecule has 1 aliphatic heterocycles. The Morgan fingerprint density at radius 3 is 2.76 bits per heavy atom. The van der Waals surface area contributed by atoms with Crippen LogP contribution < -0.4 is 5.32 Å². The lowest BCUT2D eigenvalue weighted by Gasteiger charge is -2.36. The fourth-order valence-corrected chi connectivity index (χ4v) is 3.25. The average molecular weight is 304 g/mol. The molecule has 112 valence electrons. The van der Waals surface area contributed by atoms with Gasteiger partial charge in [-0.1, -0.05) is 0 Å². The zero-order valence-corrected chi connectivity index (χ0v) is 13.3. The van der Waals surface area contributed by atoms with Crippen molar-refractivity contribution in [2.75, 3.05) is 31.3 Å². The van der Waals surface area contributed by atoms with Crippen molar-refractivity contribution in [2.24, 2.45) is 0 Å². The largest absolute Gasteiger partial charge is 0.383 e. The van der Waals surface area contributed by atoms with Gasteiger partial charge in [0.2, 0.25) is 0 Å². The van der Waals surface area contributed by atoms with Crippen LogP contribution in [0.4, 0.5) is 5.69 Å². The normalized spacial score (nSPS) is 17.0. The van der Waals surface area contributed by atoms with Crippen molar-refractivity contribution in [3.8, 4) is 6.07 Å². The van der Waals surface area contributed by atoms with Crippen molar-refractivity contribution in [3.63, 3.8) is 0 Å². The molecule has 1 fully saturated rings. The number of carbonyl (C=O) groups excluding carboxylic acids is 1. The summed E-state index contributed by atoms with van der Waals surface area (Å²) in [5, 5.41) is 12.6. The van der Waals surface area contributed by atoms with Gasteiger partial charge in [-0.15, -0.1) is 0 Å². The number of ether oxygens (including phenoxy) is 1. The Labute approximate surface area is 129 Å². The zero-order chi connectivity index (χ0) is 15.3. The number of ketones is 1. The summed E-state index contributed by atoms with van der Waals surface area (Å²) >= 11 is 1.84. The van der Waals surface area contributed by atoms with Crippen LogP contribution in [0.25, 0.3) is 0 Å². The van der Waals surface area contributed by atoms with Crippen molar-refractivity contribution >= 4 is 23.2 Å². The molecule has 1 heterocycles. The van der Waals surface area contributed by atoms with Gasteiger partial charge in [0, 0.05) is 30.1 Å². The monoisotopic (exact) mass is 304 g/mol. The summed E-state index contributed by atoms with van der Waals surface area (Å²) in [5.41, 5.74) is 1.94. The molecule has 21 heavy (non-hydrogen) atoms. The highest BCUT2D eigenvalue weighted by Crippen LogP contribution is 2.34. The van der Waals surface area contributed by atoms with E-state index in [4.69, 9.17) is 4.74 Å². The number of Topliss-reactive ketones (excluding diaryl/α,β-unsaturated/α-hetero) is 1. The standard InChI is InChI=1S/C16H20N2O2S/c1-12(19)13-3-4-14(10-17)15(9-13)18-11-16(21-2)5-7-20-8-6-16/h3-4,9,18H,5-8,11H2,1-2H3. The van der Waals surface area contributed by atoms with Crippen LogP contribution >= 0.6 is 11.8 Å². The van der Waals surface area contributed by atoms with Gasteiger partial charge in [0.1, 0.15) is 6.07 Å². The molecule has 1 aromatic carbocycles. The maximum absolute atomic E-state index is 11.5. The van der Waals surface area contributed by atoms with Crippen LogP contribution in [0.15, 0.2) is 18.2 Å². The van der Waals surface area contributed by atoms with Gasteiger partial charge in [-0.2, -0.15) is 17.0 Å². The van der Waals surface area contributed by atoms with Gasteiger partial charge in [-0.05, 0) is 44.2 Å². The number of carbonyl (C=O) groups is 1. The molecular weight excluding hydrogens is 284 g/mol. The van der Waals surface area contributed by atoms with Crippen LogP contribution in [0.1, 0.15) is 35.7 Å². The molecule has 0 radical (unpaired) electrons. The minimum Gasteiger partial charge on any atom is -0.383 e. The Hall–Kier alpha value is -1.51. The molecule has 1 aliphatic rings. The second-order valence-corrected chi connectivity index (χ2v) is 6.56. The maximum atomic E-state index is 11.5. The van der Waals surface area contributed by atoms with Gasteiger partial charge in [-0.3, -0.25) is 4.79 Å². The highest BCUT2D eigenvalue weighted by atomic mass is 32.2. The molecule has 0 bridgehead atoms. The van der Waals surface area contributed by atoms with Crippen molar-refractivity contribution in [1.29, 1.82) is 5.26 Å². The number of rotatable bonds is 5. The number of nitriles is 1. The van der Waals surface area contributed by atoms with Crippen molar-refractivity contribution < 1.29 is 9.53 Å². The summed E-state index contributed by atoms with van der Waals surface area (Å²) in [7, 11) is 0. The second kappa shape index (κ2) is 6.97. The van der Waals surface area contributed by atoms with E-state index in [1.54, 1.807) is 18.2 Å². The Bertz CT molecular complexity index is 560. The van der Waals surface area contributed by atoms with Crippen LogP contribution in [0, 0.1) is 11.3 Å². The first kappa shape index (κ1) is 15.9. The van der Waals surface area contributed by atoms with Gasteiger partial charge in [0.25, 0.3) is 0 Å². The third-order valence-corrected chi connectivity index (χ3v) is 5.40. The summed E-state index contributed by atoms with van der Waals surface area (Å²) in [6, 6.07) is 7.35. The third kappa shape index (κ3) is 3.78. The molecule has 4 nitrogen and oxygen atoms in total. The molecule has 0 aliphatic carbocycles. The minimum atomic E-state index is 0.00758. The van der Waals surface area contributed by atoms with E-state index < -0.39 is 0 Å². The number of anilines is 1. The van der Waals surface area contributed by atoms with E-state index in [0.717, 1.165) is 38.3 Å². The van der Waals surface area contributed by atoms with Crippen LogP contribution in [0.2, 0.25) is 0 Å². The maximum Gasteiger partial charge on any atom is 0.159 e. The Balaban J connectivity index is 2.16. The fourth-order valence-electron chi connectivity index (χ4n) is 2.46. The molecule has 5 heteroatoms. The summed E-state index contributed by atoms with van der Waals surface area (Å²) in [6.45, 7) is 3.86. The summed E-state index contributed by atoms with van der Waals surface area (Å²) in [6.07, 6.45) is 4.11. The minimum absolute atomic E-state index is 0.00758. The first-order chi connectivity index (χ1) is 10.1. The number of hydrogen-bond acceptors (Lipinski definition) is 5. The topological polar surface area (TPSA) is 62.1 Å². The van der Waals surface area contributed by atoms with E-state index >= 15 is 0 Å². The SMILES string of the molecule is CSC1(CNc2cc(C(C)=O)ccc2C#N)CCOCC1. The molecule has 1 N–H and O–H groups in total. The van der Waals surface area contributed by atoms with E-state index in [9.17, 15) is 10.1 Å². The number of hydrogen-bond donors (Lipinski definition) is 1. The molecule has 0 unspecified atom stereocenters. The predicted octanol–water partition coefficient (Wildman–Crippen LogP) is 3.08. The third-order valence-electron chi connectivity index (χ3n) is 3.98. The highest BCUT2D eigenvalue weighted by Gasteiger charge is 2.31. The second-order valence-electron chi connectivity index (χ2n) is 5.28. The Kier molecular flexibility index (Phi) is 5.27. The fraction of sp³-hybridized carbons (Fsp3) is 0.500. The van der Waals surface area contributed by atoms with Crippen LogP contribution in [-0.2, 0) is 4.74 Å². The molecule has 1 aromatic rings. The Morgan fingerprint density at radius 1 is 1.48 bits per heavy atom. The molecule has 0 saturated carbocycles. The summed E-state index contributed by atoms with van der Waals surface area (Å²) < 4.78 is 5.57. The predicted molar refractivity (Wildman–Crippen MR) is 86.0 cm³/mol. The number of benzene rings is 1. The quantitative estimate of drug-likeness (QED) is 0.847. The van der Waals surface area contributed by atoms with Crippen molar-refractivity contribution in [3.05, 3.63) is 29.3 Å². The molecule has 0 aromatic heterocycles. The number of nitrogens with zero attached hydrogens (tertiary/aromatic N) is 1. The number of nitrogens with one attached hydrogen (secondary N) is 1. The number of thioether (sulfide) groups is 1. The molecule has 2 rings (SSSR count). The lowest BCUT2D eigenvalue weighted by atomic mass is 9.98. The first-order valence-electron chi connectivity index (χ1n) is 7.02. The first-order valence-corrected chi connectivity index (χ1v) is 8.24. The van der Waals surface area contributed by atoms with Crippen molar-refractivity contribution in [1.82, 2.24) is 0 Å². The van der Waals surface area contributed by atoms with Gasteiger partial charge < -0.3 is 10.1 Å². The van der Waals surface area contributed by atoms with E-state index in [2.05, 4.69) is 17.6 Å². The summed E-state index contributed by atoms with van der Waals surface area (Å²) in [4.78, 5) is 11.5. The van der Waals surface area contributed by atoms with Crippen LogP contribution in [-0.4, -0.2) is 36.5 Å². The average Bonchev–Trinajstić information content (AvgIpc) is 2.53. The van der Waals surface area contributed by atoms with Gasteiger partial charge in [0.15, 0.2) is 5.78 Å².